The molecule has 0 spiro atoms. The zero-order chi connectivity index (χ0) is 13.0. The van der Waals surface area contributed by atoms with E-state index in [0.29, 0.717) is 6.04 Å². The molecule has 2 aromatic carbocycles. The summed E-state index contributed by atoms with van der Waals surface area (Å²) in [7, 11) is 0. The normalized spacial score (nSPS) is 12.4. The van der Waals surface area contributed by atoms with Crippen molar-refractivity contribution in [3.8, 4) is 0 Å². The van der Waals surface area contributed by atoms with Crippen LogP contribution in [-0.2, 0) is 6.54 Å². The van der Waals surface area contributed by atoms with Gasteiger partial charge < -0.3 is 5.32 Å². The number of hydrogen-bond acceptors (Lipinski definition) is 1. The van der Waals surface area contributed by atoms with Gasteiger partial charge in [0.15, 0.2) is 0 Å². The molecule has 94 valence electrons. The first-order valence-corrected chi connectivity index (χ1v) is 6.99. The molecule has 0 aliphatic carbocycles. The molecule has 0 radical (unpaired) electrons. The minimum Gasteiger partial charge on any atom is -0.306 e. The topological polar surface area (TPSA) is 12.0 Å². The van der Waals surface area contributed by atoms with Gasteiger partial charge in [-0.15, -0.1) is 0 Å². The number of aryl methyl sites for hydroxylation is 1. The highest BCUT2D eigenvalue weighted by molar-refractivity contribution is 9.10. The summed E-state index contributed by atoms with van der Waals surface area (Å²) < 4.78 is 1.12. The molecule has 18 heavy (non-hydrogen) atoms. The Morgan fingerprint density at radius 2 is 1.72 bits per heavy atom. The Labute approximate surface area is 117 Å². The third-order valence-corrected chi connectivity index (χ3v) is 3.71. The molecule has 2 aromatic rings. The van der Waals surface area contributed by atoms with E-state index in [1.165, 1.54) is 16.7 Å². The number of rotatable bonds is 4. The molecule has 0 unspecified atom stereocenters. The molecule has 1 N–H and O–H groups in total. The van der Waals surface area contributed by atoms with Crippen LogP contribution in [0.1, 0.15) is 29.7 Å². The lowest BCUT2D eigenvalue weighted by Crippen LogP contribution is -2.18. The van der Waals surface area contributed by atoms with Crippen LogP contribution in [0.3, 0.4) is 0 Å². The molecule has 0 aliphatic rings. The van der Waals surface area contributed by atoms with Crippen molar-refractivity contribution in [1.82, 2.24) is 5.32 Å². The van der Waals surface area contributed by atoms with Crippen molar-refractivity contribution in [3.05, 3.63) is 69.7 Å². The summed E-state index contributed by atoms with van der Waals surface area (Å²) >= 11 is 3.45. The Morgan fingerprint density at radius 3 is 2.39 bits per heavy atom. The smallest absolute Gasteiger partial charge is 0.0297 e. The second kappa shape index (κ2) is 6.17. The Bertz CT molecular complexity index is 505. The first kappa shape index (κ1) is 13.3. The summed E-state index contributed by atoms with van der Waals surface area (Å²) in [6.45, 7) is 5.26. The lowest BCUT2D eigenvalue weighted by molar-refractivity contribution is 0.572. The van der Waals surface area contributed by atoms with Gasteiger partial charge in [-0.1, -0.05) is 52.3 Å². The highest BCUT2D eigenvalue weighted by Gasteiger charge is 2.06. The van der Waals surface area contributed by atoms with E-state index in [-0.39, 0.29) is 0 Å². The van der Waals surface area contributed by atoms with Gasteiger partial charge in [0, 0.05) is 17.1 Å². The molecule has 0 bridgehead atoms. The Morgan fingerprint density at radius 1 is 1.06 bits per heavy atom. The van der Waals surface area contributed by atoms with E-state index in [1.807, 2.05) is 0 Å². The van der Waals surface area contributed by atoms with Gasteiger partial charge >= 0.3 is 0 Å². The maximum atomic E-state index is 3.56. The van der Waals surface area contributed by atoms with Crippen LogP contribution in [0.4, 0.5) is 0 Å². The second-order valence-corrected chi connectivity index (χ2v) is 5.50. The van der Waals surface area contributed by atoms with E-state index >= 15 is 0 Å². The number of nitrogens with one attached hydrogen (secondary N) is 1. The van der Waals surface area contributed by atoms with Crippen LogP contribution in [-0.4, -0.2) is 0 Å². The van der Waals surface area contributed by atoms with E-state index in [9.17, 15) is 0 Å². The molecule has 0 heterocycles. The molecule has 0 aromatic heterocycles. The minimum absolute atomic E-state index is 0.370. The summed E-state index contributed by atoms with van der Waals surface area (Å²) in [5, 5.41) is 3.56. The highest BCUT2D eigenvalue weighted by Crippen LogP contribution is 2.17. The van der Waals surface area contributed by atoms with E-state index in [1.54, 1.807) is 0 Å². The van der Waals surface area contributed by atoms with Gasteiger partial charge in [-0.3, -0.25) is 0 Å². The fraction of sp³-hybridized carbons (Fsp3) is 0.250. The summed E-state index contributed by atoms with van der Waals surface area (Å²) in [4.78, 5) is 0. The van der Waals surface area contributed by atoms with Crippen molar-refractivity contribution < 1.29 is 0 Å². The summed E-state index contributed by atoms with van der Waals surface area (Å²) in [5.41, 5.74) is 4.02. The molecule has 1 nitrogen and oxygen atoms in total. The van der Waals surface area contributed by atoms with Gasteiger partial charge in [-0.25, -0.2) is 0 Å². The summed E-state index contributed by atoms with van der Waals surface area (Å²) in [6.07, 6.45) is 0. The molecule has 1 atom stereocenters. The standard InChI is InChI=1S/C16H18BrN/c1-12-5-3-4-6-16(12)13(2)18-11-14-7-9-15(17)10-8-14/h3-10,13,18H,11H2,1-2H3/t13-/m1/s1. The van der Waals surface area contributed by atoms with Gasteiger partial charge in [-0.2, -0.15) is 0 Å². The molecular weight excluding hydrogens is 286 g/mol. The number of hydrogen-bond donors (Lipinski definition) is 1. The van der Waals surface area contributed by atoms with Crippen LogP contribution in [0.5, 0.6) is 0 Å². The predicted octanol–water partition coefficient (Wildman–Crippen LogP) is 4.61. The number of halogens is 1. The molecular formula is C16H18BrN. The monoisotopic (exact) mass is 303 g/mol. The molecule has 0 fully saturated rings. The van der Waals surface area contributed by atoms with Gasteiger partial charge in [0.2, 0.25) is 0 Å². The molecule has 0 aliphatic heterocycles. The van der Waals surface area contributed by atoms with Crippen LogP contribution in [0.25, 0.3) is 0 Å². The van der Waals surface area contributed by atoms with Crippen molar-refractivity contribution in [2.24, 2.45) is 0 Å². The average Bonchev–Trinajstić information content (AvgIpc) is 2.38. The zero-order valence-corrected chi connectivity index (χ0v) is 12.4. The molecule has 0 saturated carbocycles. The van der Waals surface area contributed by atoms with Crippen LogP contribution in [0.2, 0.25) is 0 Å². The van der Waals surface area contributed by atoms with Crippen LogP contribution in [0, 0.1) is 6.92 Å². The maximum absolute atomic E-state index is 3.56. The van der Waals surface area contributed by atoms with E-state index < -0.39 is 0 Å². The van der Waals surface area contributed by atoms with Gasteiger partial charge in [0.1, 0.15) is 0 Å². The number of benzene rings is 2. The maximum Gasteiger partial charge on any atom is 0.0297 e. The van der Waals surface area contributed by atoms with Crippen molar-refractivity contribution >= 4 is 15.9 Å². The van der Waals surface area contributed by atoms with E-state index in [2.05, 4.69) is 83.6 Å². The summed E-state index contributed by atoms with van der Waals surface area (Å²) in [5.74, 6) is 0. The van der Waals surface area contributed by atoms with Crippen LogP contribution < -0.4 is 5.32 Å². The SMILES string of the molecule is Cc1ccccc1[C@@H](C)NCc1ccc(Br)cc1. The van der Waals surface area contributed by atoms with Crippen molar-refractivity contribution in [1.29, 1.82) is 0 Å². The Kier molecular flexibility index (Phi) is 4.56. The van der Waals surface area contributed by atoms with Crippen LogP contribution >= 0.6 is 15.9 Å². The van der Waals surface area contributed by atoms with Crippen molar-refractivity contribution in [2.45, 2.75) is 26.4 Å². The predicted molar refractivity (Wildman–Crippen MR) is 80.6 cm³/mol. The molecule has 2 heteroatoms. The highest BCUT2D eigenvalue weighted by atomic mass is 79.9. The van der Waals surface area contributed by atoms with Gasteiger partial charge in [0.25, 0.3) is 0 Å². The van der Waals surface area contributed by atoms with E-state index in [0.717, 1.165) is 11.0 Å². The van der Waals surface area contributed by atoms with Gasteiger partial charge in [0.05, 0.1) is 0 Å². The Hall–Kier alpha value is -1.12. The third-order valence-electron chi connectivity index (χ3n) is 3.18. The van der Waals surface area contributed by atoms with Crippen LogP contribution in [0.15, 0.2) is 53.0 Å². The van der Waals surface area contributed by atoms with Crippen molar-refractivity contribution in [2.75, 3.05) is 0 Å². The fourth-order valence-electron chi connectivity index (χ4n) is 2.06. The first-order chi connectivity index (χ1) is 8.66. The molecule has 2 rings (SSSR count). The van der Waals surface area contributed by atoms with Crippen molar-refractivity contribution in [3.63, 3.8) is 0 Å². The van der Waals surface area contributed by atoms with E-state index in [4.69, 9.17) is 0 Å². The minimum atomic E-state index is 0.370. The molecule has 0 amide bonds. The zero-order valence-electron chi connectivity index (χ0n) is 10.8. The lowest BCUT2D eigenvalue weighted by Gasteiger charge is -2.16. The quantitative estimate of drug-likeness (QED) is 0.870. The fourth-order valence-corrected chi connectivity index (χ4v) is 2.32. The largest absolute Gasteiger partial charge is 0.306 e. The molecule has 0 saturated heterocycles. The average molecular weight is 304 g/mol. The second-order valence-electron chi connectivity index (χ2n) is 4.59. The summed E-state index contributed by atoms with van der Waals surface area (Å²) in [6, 6.07) is 17.3. The third kappa shape index (κ3) is 3.44. The first-order valence-electron chi connectivity index (χ1n) is 6.20. The lowest BCUT2D eigenvalue weighted by atomic mass is 10.0. The Balaban J connectivity index is 1.98. The van der Waals surface area contributed by atoms with Gasteiger partial charge in [-0.05, 0) is 42.7 Å².